The zero-order valence-electron chi connectivity index (χ0n) is 10.6. The summed E-state index contributed by atoms with van der Waals surface area (Å²) < 4.78 is 13.6. The van der Waals surface area contributed by atoms with E-state index >= 15 is 0 Å². The van der Waals surface area contributed by atoms with Crippen molar-refractivity contribution in [3.05, 3.63) is 35.1 Å². The standard InChI is InChI=1S/C14H18FN3/c1-9-2-5-11(6-12(9)15)13-7-17-14(16)18(13)8-10-3-4-10/h2,5-6,10,13H,3-4,7-8H2,1H3,(H2,16,17). The Labute approximate surface area is 106 Å². The summed E-state index contributed by atoms with van der Waals surface area (Å²) in [5.74, 6) is 1.20. The molecule has 0 spiro atoms. The lowest BCUT2D eigenvalue weighted by Gasteiger charge is -2.26. The molecule has 3 nitrogen and oxygen atoms in total. The highest BCUT2D eigenvalue weighted by Crippen LogP contribution is 2.34. The number of hydrogen-bond donors (Lipinski definition) is 1. The number of nitrogens with two attached hydrogens (primary N) is 1. The number of rotatable bonds is 3. The van der Waals surface area contributed by atoms with Gasteiger partial charge < -0.3 is 10.6 Å². The van der Waals surface area contributed by atoms with Crippen LogP contribution in [0.3, 0.4) is 0 Å². The molecule has 4 heteroatoms. The molecule has 0 amide bonds. The molecule has 2 aliphatic rings. The summed E-state index contributed by atoms with van der Waals surface area (Å²) in [6.45, 7) is 3.37. The van der Waals surface area contributed by atoms with Crippen LogP contribution in [0.5, 0.6) is 0 Å². The van der Waals surface area contributed by atoms with E-state index in [1.807, 2.05) is 12.1 Å². The lowest BCUT2D eigenvalue weighted by molar-refractivity contribution is 0.333. The van der Waals surface area contributed by atoms with Crippen molar-refractivity contribution in [3.8, 4) is 0 Å². The smallest absolute Gasteiger partial charge is 0.191 e. The quantitative estimate of drug-likeness (QED) is 0.889. The van der Waals surface area contributed by atoms with E-state index in [2.05, 4.69) is 9.89 Å². The second-order valence-corrected chi connectivity index (χ2v) is 5.32. The molecule has 0 bridgehead atoms. The minimum atomic E-state index is -0.149. The van der Waals surface area contributed by atoms with Crippen molar-refractivity contribution in [3.63, 3.8) is 0 Å². The molecule has 18 heavy (non-hydrogen) atoms. The zero-order chi connectivity index (χ0) is 12.7. The van der Waals surface area contributed by atoms with Gasteiger partial charge in [-0.3, -0.25) is 4.99 Å². The van der Waals surface area contributed by atoms with Crippen molar-refractivity contribution >= 4 is 5.96 Å². The van der Waals surface area contributed by atoms with E-state index in [1.54, 1.807) is 13.0 Å². The Bertz CT molecular complexity index is 494. The van der Waals surface area contributed by atoms with Crippen LogP contribution < -0.4 is 5.73 Å². The molecule has 1 fully saturated rings. The molecule has 1 heterocycles. The second-order valence-electron chi connectivity index (χ2n) is 5.32. The SMILES string of the molecule is Cc1ccc(C2CN=C(N)N2CC2CC2)cc1F. The third-order valence-electron chi connectivity index (χ3n) is 3.83. The van der Waals surface area contributed by atoms with Gasteiger partial charge in [0, 0.05) is 6.54 Å². The molecule has 1 saturated carbocycles. The van der Waals surface area contributed by atoms with E-state index in [9.17, 15) is 4.39 Å². The molecule has 3 rings (SSSR count). The first-order valence-corrected chi connectivity index (χ1v) is 6.48. The minimum Gasteiger partial charge on any atom is -0.370 e. The molecule has 2 N–H and O–H groups in total. The van der Waals surface area contributed by atoms with Crippen molar-refractivity contribution < 1.29 is 4.39 Å². The molecule has 96 valence electrons. The lowest BCUT2D eigenvalue weighted by atomic mass is 10.0. The topological polar surface area (TPSA) is 41.6 Å². The van der Waals surface area contributed by atoms with Gasteiger partial charge in [0.2, 0.25) is 0 Å². The van der Waals surface area contributed by atoms with E-state index < -0.39 is 0 Å². The summed E-state index contributed by atoms with van der Waals surface area (Å²) in [6.07, 6.45) is 2.55. The molecule has 1 aliphatic carbocycles. The Morgan fingerprint density at radius 2 is 2.22 bits per heavy atom. The van der Waals surface area contributed by atoms with E-state index in [0.717, 1.165) is 18.0 Å². The van der Waals surface area contributed by atoms with Crippen LogP contribution in [0.25, 0.3) is 0 Å². The van der Waals surface area contributed by atoms with Gasteiger partial charge in [-0.2, -0.15) is 0 Å². The van der Waals surface area contributed by atoms with Crippen molar-refractivity contribution in [2.75, 3.05) is 13.1 Å². The summed E-state index contributed by atoms with van der Waals surface area (Å²) in [5, 5.41) is 0. The molecule has 1 aromatic carbocycles. The first kappa shape index (κ1) is 11.5. The third kappa shape index (κ3) is 2.07. The Morgan fingerprint density at radius 1 is 1.44 bits per heavy atom. The zero-order valence-corrected chi connectivity index (χ0v) is 10.6. The van der Waals surface area contributed by atoms with E-state index in [-0.39, 0.29) is 11.9 Å². The van der Waals surface area contributed by atoms with Gasteiger partial charge in [0.15, 0.2) is 5.96 Å². The molecule has 1 atom stereocenters. The highest BCUT2D eigenvalue weighted by atomic mass is 19.1. The van der Waals surface area contributed by atoms with Crippen LogP contribution in [-0.4, -0.2) is 23.9 Å². The normalized spacial score (nSPS) is 23.3. The molecule has 0 saturated heterocycles. The van der Waals surface area contributed by atoms with Crippen LogP contribution in [0.4, 0.5) is 4.39 Å². The summed E-state index contributed by atoms with van der Waals surface area (Å²) >= 11 is 0. The summed E-state index contributed by atoms with van der Waals surface area (Å²) in [5.41, 5.74) is 7.59. The van der Waals surface area contributed by atoms with Crippen LogP contribution in [0.1, 0.15) is 30.0 Å². The number of guanidine groups is 1. The minimum absolute atomic E-state index is 0.112. The van der Waals surface area contributed by atoms with Crippen LogP contribution in [0.15, 0.2) is 23.2 Å². The number of aryl methyl sites for hydroxylation is 1. The van der Waals surface area contributed by atoms with Crippen molar-refractivity contribution in [2.45, 2.75) is 25.8 Å². The van der Waals surface area contributed by atoms with Gasteiger partial charge in [0.1, 0.15) is 5.82 Å². The fourth-order valence-electron chi connectivity index (χ4n) is 2.43. The molecule has 1 aliphatic heterocycles. The largest absolute Gasteiger partial charge is 0.370 e. The molecule has 0 radical (unpaired) electrons. The van der Waals surface area contributed by atoms with Crippen molar-refractivity contribution in [1.82, 2.24) is 4.90 Å². The Hall–Kier alpha value is -1.58. The number of hydrogen-bond acceptors (Lipinski definition) is 3. The van der Waals surface area contributed by atoms with Crippen LogP contribution in [0, 0.1) is 18.7 Å². The van der Waals surface area contributed by atoms with E-state index in [1.165, 1.54) is 12.8 Å². The van der Waals surface area contributed by atoms with Gasteiger partial charge in [-0.1, -0.05) is 12.1 Å². The van der Waals surface area contributed by atoms with Gasteiger partial charge in [-0.25, -0.2) is 4.39 Å². The average Bonchev–Trinajstić information content (AvgIpc) is 3.09. The Balaban J connectivity index is 1.83. The van der Waals surface area contributed by atoms with Crippen LogP contribution in [0.2, 0.25) is 0 Å². The molecular weight excluding hydrogens is 229 g/mol. The Morgan fingerprint density at radius 3 is 2.89 bits per heavy atom. The summed E-state index contributed by atoms with van der Waals surface area (Å²) in [7, 11) is 0. The van der Waals surface area contributed by atoms with Gasteiger partial charge in [-0.15, -0.1) is 0 Å². The number of aliphatic imine (C=N–C) groups is 1. The monoisotopic (exact) mass is 247 g/mol. The predicted octanol–water partition coefficient (Wildman–Crippen LogP) is 2.22. The molecule has 1 unspecified atom stereocenters. The number of halogens is 1. The Kier molecular flexibility index (Phi) is 2.73. The maximum absolute atomic E-state index is 13.6. The fourth-order valence-corrected chi connectivity index (χ4v) is 2.43. The third-order valence-corrected chi connectivity index (χ3v) is 3.83. The fraction of sp³-hybridized carbons (Fsp3) is 0.500. The summed E-state index contributed by atoms with van der Waals surface area (Å²) in [4.78, 5) is 6.43. The van der Waals surface area contributed by atoms with E-state index in [4.69, 9.17) is 5.73 Å². The van der Waals surface area contributed by atoms with Gasteiger partial charge >= 0.3 is 0 Å². The summed E-state index contributed by atoms with van der Waals surface area (Å²) in [6, 6.07) is 5.54. The lowest BCUT2D eigenvalue weighted by Crippen LogP contribution is -2.37. The van der Waals surface area contributed by atoms with Crippen molar-refractivity contribution in [1.29, 1.82) is 0 Å². The highest BCUT2D eigenvalue weighted by Gasteiger charge is 2.33. The second kappa shape index (κ2) is 4.26. The van der Waals surface area contributed by atoms with Gasteiger partial charge in [0.25, 0.3) is 0 Å². The first-order chi connectivity index (χ1) is 8.65. The van der Waals surface area contributed by atoms with Gasteiger partial charge in [0.05, 0.1) is 12.6 Å². The van der Waals surface area contributed by atoms with E-state index in [0.29, 0.717) is 18.1 Å². The number of benzene rings is 1. The molecule has 1 aromatic rings. The maximum atomic E-state index is 13.6. The number of nitrogens with zero attached hydrogens (tertiary/aromatic N) is 2. The first-order valence-electron chi connectivity index (χ1n) is 6.48. The van der Waals surface area contributed by atoms with Crippen LogP contribution >= 0.6 is 0 Å². The van der Waals surface area contributed by atoms with Crippen molar-refractivity contribution in [2.24, 2.45) is 16.6 Å². The maximum Gasteiger partial charge on any atom is 0.191 e. The molecule has 0 aromatic heterocycles. The molecular formula is C14H18FN3. The van der Waals surface area contributed by atoms with Gasteiger partial charge in [-0.05, 0) is 42.9 Å². The average molecular weight is 247 g/mol. The highest BCUT2D eigenvalue weighted by molar-refractivity contribution is 5.80. The van der Waals surface area contributed by atoms with Crippen LogP contribution in [-0.2, 0) is 0 Å². The predicted molar refractivity (Wildman–Crippen MR) is 69.8 cm³/mol.